The largest absolute Gasteiger partial charge is 0.310 e. The van der Waals surface area contributed by atoms with Crippen LogP contribution < -0.4 is 5.32 Å². The van der Waals surface area contributed by atoms with Gasteiger partial charge in [0.15, 0.2) is 5.03 Å². The van der Waals surface area contributed by atoms with Crippen LogP contribution >= 0.6 is 0 Å². The van der Waals surface area contributed by atoms with Crippen molar-refractivity contribution in [1.29, 1.82) is 0 Å². The van der Waals surface area contributed by atoms with E-state index < -0.39 is 10.0 Å². The summed E-state index contributed by atoms with van der Waals surface area (Å²) in [5.74, 6) is 0.502. The van der Waals surface area contributed by atoms with E-state index in [1.54, 1.807) is 7.05 Å². The second-order valence-corrected chi connectivity index (χ2v) is 8.21. The maximum atomic E-state index is 12.7. The Hall–Kier alpha value is -0.920. The fourth-order valence-corrected chi connectivity index (χ4v) is 3.84. The molecule has 7 heteroatoms. The van der Waals surface area contributed by atoms with Crippen molar-refractivity contribution in [2.45, 2.75) is 57.6 Å². The molecule has 2 N–H and O–H groups in total. The zero-order chi connectivity index (χ0) is 15.6. The van der Waals surface area contributed by atoms with Crippen LogP contribution in [0.4, 0.5) is 0 Å². The molecule has 0 bridgehead atoms. The van der Waals surface area contributed by atoms with Gasteiger partial charge in [0, 0.05) is 37.4 Å². The van der Waals surface area contributed by atoms with E-state index in [9.17, 15) is 8.42 Å². The van der Waals surface area contributed by atoms with E-state index in [2.05, 4.69) is 15.5 Å². The number of nitrogens with one attached hydrogen (secondary N) is 2. The van der Waals surface area contributed by atoms with E-state index in [0.29, 0.717) is 25.0 Å². The van der Waals surface area contributed by atoms with Gasteiger partial charge in [-0.05, 0) is 25.7 Å². The number of hydrogen-bond donors (Lipinski definition) is 2. The molecule has 0 aliphatic heterocycles. The van der Waals surface area contributed by atoms with Gasteiger partial charge in [-0.1, -0.05) is 20.3 Å². The Morgan fingerprint density at radius 1 is 1.43 bits per heavy atom. The lowest BCUT2D eigenvalue weighted by Gasteiger charge is -2.29. The van der Waals surface area contributed by atoms with Crippen molar-refractivity contribution in [2.24, 2.45) is 5.92 Å². The minimum atomic E-state index is -3.52. The molecule has 0 atom stereocenters. The minimum Gasteiger partial charge on any atom is -0.310 e. The summed E-state index contributed by atoms with van der Waals surface area (Å²) < 4.78 is 26.9. The van der Waals surface area contributed by atoms with Crippen LogP contribution in [0, 0.1) is 12.8 Å². The molecule has 1 fully saturated rings. The van der Waals surface area contributed by atoms with E-state index in [1.807, 2.05) is 20.8 Å². The van der Waals surface area contributed by atoms with E-state index in [4.69, 9.17) is 0 Å². The molecule has 1 aliphatic carbocycles. The smallest absolute Gasteiger partial charge is 0.262 e. The second kappa shape index (κ2) is 6.46. The first-order valence-corrected chi connectivity index (χ1v) is 9.00. The standard InChI is InChI=1S/C14H26N4O2S/c1-10(2)15-8-13-11(3)16-17-14(13)21(19,20)18(4)9-12-6-5-7-12/h10,12,15H,5-9H2,1-4H3,(H,16,17). The normalized spacial score (nSPS) is 16.7. The van der Waals surface area contributed by atoms with Gasteiger partial charge in [0.1, 0.15) is 0 Å². The van der Waals surface area contributed by atoms with Gasteiger partial charge >= 0.3 is 0 Å². The molecule has 1 heterocycles. The van der Waals surface area contributed by atoms with Crippen molar-refractivity contribution in [3.63, 3.8) is 0 Å². The molecule has 1 aromatic rings. The Labute approximate surface area is 127 Å². The lowest BCUT2D eigenvalue weighted by atomic mass is 9.86. The third kappa shape index (κ3) is 3.64. The highest BCUT2D eigenvalue weighted by Gasteiger charge is 2.31. The van der Waals surface area contributed by atoms with Crippen LogP contribution in [-0.4, -0.2) is 42.6 Å². The summed E-state index contributed by atoms with van der Waals surface area (Å²) in [4.78, 5) is 0. The van der Waals surface area contributed by atoms with Gasteiger partial charge in [0.05, 0.1) is 0 Å². The lowest BCUT2D eigenvalue weighted by molar-refractivity contribution is 0.262. The maximum Gasteiger partial charge on any atom is 0.262 e. The van der Waals surface area contributed by atoms with Crippen molar-refractivity contribution in [3.05, 3.63) is 11.3 Å². The summed E-state index contributed by atoms with van der Waals surface area (Å²) in [6.45, 7) is 7.02. The summed E-state index contributed by atoms with van der Waals surface area (Å²) in [5.41, 5.74) is 1.54. The molecule has 0 spiro atoms. The van der Waals surface area contributed by atoms with Crippen LogP contribution in [0.2, 0.25) is 0 Å². The lowest BCUT2D eigenvalue weighted by Crippen LogP contribution is -2.35. The molecule has 1 aromatic heterocycles. The molecular formula is C14H26N4O2S. The van der Waals surface area contributed by atoms with Gasteiger partial charge in [-0.3, -0.25) is 5.10 Å². The molecule has 2 rings (SSSR count). The predicted molar refractivity (Wildman–Crippen MR) is 82.5 cm³/mol. The fraction of sp³-hybridized carbons (Fsp3) is 0.786. The Bertz CT molecular complexity index is 576. The van der Waals surface area contributed by atoms with Gasteiger partial charge in [-0.25, -0.2) is 8.42 Å². The molecule has 6 nitrogen and oxygen atoms in total. The minimum absolute atomic E-state index is 0.162. The Morgan fingerprint density at radius 3 is 2.62 bits per heavy atom. The second-order valence-electron chi connectivity index (χ2n) is 6.25. The summed E-state index contributed by atoms with van der Waals surface area (Å²) in [7, 11) is -1.87. The van der Waals surface area contributed by atoms with Crippen LogP contribution in [-0.2, 0) is 16.6 Å². The SMILES string of the molecule is Cc1[nH]nc(S(=O)(=O)N(C)CC2CCC2)c1CNC(C)C. The average molecular weight is 314 g/mol. The highest BCUT2D eigenvalue weighted by Crippen LogP contribution is 2.29. The highest BCUT2D eigenvalue weighted by molar-refractivity contribution is 7.89. The van der Waals surface area contributed by atoms with Crippen molar-refractivity contribution >= 4 is 10.0 Å². The number of aryl methyl sites for hydroxylation is 1. The Morgan fingerprint density at radius 2 is 2.10 bits per heavy atom. The Balaban J connectivity index is 2.18. The summed E-state index contributed by atoms with van der Waals surface area (Å²) in [6.07, 6.45) is 3.46. The van der Waals surface area contributed by atoms with Gasteiger partial charge in [0.25, 0.3) is 10.0 Å². The first-order chi connectivity index (χ1) is 9.82. The van der Waals surface area contributed by atoms with Gasteiger partial charge in [-0.2, -0.15) is 9.40 Å². The molecular weight excluding hydrogens is 288 g/mol. The molecule has 0 radical (unpaired) electrons. The maximum absolute atomic E-state index is 12.7. The molecule has 0 amide bonds. The number of sulfonamides is 1. The topological polar surface area (TPSA) is 78.1 Å². The van der Waals surface area contributed by atoms with Crippen LogP contribution in [0.5, 0.6) is 0 Å². The zero-order valence-corrected chi connectivity index (χ0v) is 14.1. The summed E-state index contributed by atoms with van der Waals surface area (Å²) >= 11 is 0. The van der Waals surface area contributed by atoms with Crippen LogP contribution in [0.15, 0.2) is 5.03 Å². The number of H-pyrrole nitrogens is 1. The average Bonchev–Trinajstić information content (AvgIpc) is 2.72. The number of nitrogens with zero attached hydrogens (tertiary/aromatic N) is 2. The summed E-state index contributed by atoms with van der Waals surface area (Å²) in [6, 6.07) is 0.294. The van der Waals surface area contributed by atoms with Gasteiger partial charge in [-0.15, -0.1) is 0 Å². The molecule has 1 aliphatic rings. The van der Waals surface area contributed by atoms with Crippen molar-refractivity contribution in [1.82, 2.24) is 19.8 Å². The Kier molecular flexibility index (Phi) is 5.06. The third-order valence-corrected chi connectivity index (χ3v) is 5.91. The van der Waals surface area contributed by atoms with E-state index in [0.717, 1.165) is 24.1 Å². The first kappa shape index (κ1) is 16.5. The summed E-state index contributed by atoms with van der Waals surface area (Å²) in [5, 5.41) is 10.3. The van der Waals surface area contributed by atoms with E-state index in [1.165, 1.54) is 10.7 Å². The number of aromatic nitrogens is 2. The predicted octanol–water partition coefficient (Wildman–Crippen LogP) is 1.64. The molecule has 0 saturated heterocycles. The molecule has 21 heavy (non-hydrogen) atoms. The van der Waals surface area contributed by atoms with Gasteiger partial charge in [0.2, 0.25) is 0 Å². The number of rotatable bonds is 7. The van der Waals surface area contributed by atoms with Crippen LogP contribution in [0.25, 0.3) is 0 Å². The zero-order valence-electron chi connectivity index (χ0n) is 13.3. The molecule has 1 saturated carbocycles. The van der Waals surface area contributed by atoms with Crippen LogP contribution in [0.3, 0.4) is 0 Å². The third-order valence-electron chi connectivity index (χ3n) is 4.12. The monoisotopic (exact) mass is 314 g/mol. The van der Waals surface area contributed by atoms with Crippen molar-refractivity contribution in [2.75, 3.05) is 13.6 Å². The quantitative estimate of drug-likeness (QED) is 0.802. The van der Waals surface area contributed by atoms with E-state index in [-0.39, 0.29) is 5.03 Å². The molecule has 0 unspecified atom stereocenters. The fourth-order valence-electron chi connectivity index (χ4n) is 2.44. The van der Waals surface area contributed by atoms with Crippen LogP contribution in [0.1, 0.15) is 44.4 Å². The van der Waals surface area contributed by atoms with Gasteiger partial charge < -0.3 is 5.32 Å². The number of hydrogen-bond acceptors (Lipinski definition) is 4. The van der Waals surface area contributed by atoms with Crippen molar-refractivity contribution < 1.29 is 8.42 Å². The molecule has 120 valence electrons. The van der Waals surface area contributed by atoms with Crippen molar-refractivity contribution in [3.8, 4) is 0 Å². The first-order valence-electron chi connectivity index (χ1n) is 7.56. The van der Waals surface area contributed by atoms with E-state index >= 15 is 0 Å². The highest BCUT2D eigenvalue weighted by atomic mass is 32.2. The molecule has 0 aromatic carbocycles. The number of aromatic amines is 1.